The third-order valence-corrected chi connectivity index (χ3v) is 3.08. The minimum atomic E-state index is -0.408. The van der Waals surface area contributed by atoms with E-state index in [9.17, 15) is 4.39 Å². The summed E-state index contributed by atoms with van der Waals surface area (Å²) < 4.78 is 14.0. The highest BCUT2D eigenvalue weighted by molar-refractivity contribution is 9.10. The number of nitrogens with zero attached hydrogens (tertiary/aromatic N) is 2. The van der Waals surface area contributed by atoms with Gasteiger partial charge < -0.3 is 10.2 Å². The van der Waals surface area contributed by atoms with Crippen molar-refractivity contribution in [2.45, 2.75) is 6.42 Å². The minimum absolute atomic E-state index is 0.220. The summed E-state index contributed by atoms with van der Waals surface area (Å²) in [6.07, 6.45) is 0.935. The molecule has 1 aromatic carbocycles. The highest BCUT2D eigenvalue weighted by Gasteiger charge is 2.10. The first-order valence-electron chi connectivity index (χ1n) is 5.33. The molecule has 1 aromatic rings. The van der Waals surface area contributed by atoms with Gasteiger partial charge in [0.05, 0.1) is 15.7 Å². The van der Waals surface area contributed by atoms with Crippen molar-refractivity contribution in [3.8, 4) is 6.07 Å². The standard InChI is InChI=1S/C12H15BrFN3/c1-17(2)7-3-6-16-10-5-4-9(8-15)11(13)12(10)14/h4-5,16H,3,6-7H2,1-2H3. The highest BCUT2D eigenvalue weighted by atomic mass is 79.9. The van der Waals surface area contributed by atoms with Gasteiger partial charge in [-0.15, -0.1) is 0 Å². The lowest BCUT2D eigenvalue weighted by molar-refractivity contribution is 0.405. The molecule has 0 heterocycles. The van der Waals surface area contributed by atoms with Gasteiger partial charge in [-0.1, -0.05) is 0 Å². The zero-order valence-corrected chi connectivity index (χ0v) is 11.5. The zero-order chi connectivity index (χ0) is 12.8. The van der Waals surface area contributed by atoms with Crippen molar-refractivity contribution in [1.82, 2.24) is 4.90 Å². The molecule has 0 radical (unpaired) electrons. The van der Waals surface area contributed by atoms with Crippen LogP contribution in [-0.2, 0) is 0 Å². The molecule has 0 amide bonds. The Morgan fingerprint density at radius 2 is 2.18 bits per heavy atom. The number of hydrogen-bond acceptors (Lipinski definition) is 3. The molecule has 0 atom stereocenters. The monoisotopic (exact) mass is 299 g/mol. The Balaban J connectivity index is 2.61. The molecular formula is C12H15BrFN3. The Kier molecular flexibility index (Phi) is 5.39. The van der Waals surface area contributed by atoms with Gasteiger partial charge in [0, 0.05) is 6.54 Å². The molecule has 17 heavy (non-hydrogen) atoms. The van der Waals surface area contributed by atoms with Crippen LogP contribution in [0.4, 0.5) is 10.1 Å². The third-order valence-electron chi connectivity index (χ3n) is 2.30. The second-order valence-electron chi connectivity index (χ2n) is 3.98. The average molecular weight is 300 g/mol. The Hall–Kier alpha value is -1.12. The van der Waals surface area contributed by atoms with E-state index in [1.165, 1.54) is 0 Å². The van der Waals surface area contributed by atoms with Gasteiger partial charge in [0.1, 0.15) is 6.07 Å². The molecule has 0 saturated carbocycles. The maximum Gasteiger partial charge on any atom is 0.161 e. The Bertz CT molecular complexity index is 426. The normalized spacial score (nSPS) is 10.4. The summed E-state index contributed by atoms with van der Waals surface area (Å²) in [6, 6.07) is 5.11. The second-order valence-corrected chi connectivity index (χ2v) is 4.78. The predicted octanol–water partition coefficient (Wildman–Crippen LogP) is 2.82. The van der Waals surface area contributed by atoms with Crippen molar-refractivity contribution in [3.63, 3.8) is 0 Å². The van der Waals surface area contributed by atoms with Gasteiger partial charge in [0.15, 0.2) is 5.82 Å². The average Bonchev–Trinajstić information content (AvgIpc) is 2.29. The molecule has 0 aliphatic carbocycles. The van der Waals surface area contributed by atoms with E-state index in [1.807, 2.05) is 20.2 Å². The lowest BCUT2D eigenvalue weighted by Crippen LogP contribution is -2.16. The maximum atomic E-state index is 13.8. The van der Waals surface area contributed by atoms with Crippen LogP contribution in [0, 0.1) is 17.1 Å². The first-order valence-corrected chi connectivity index (χ1v) is 6.12. The molecule has 1 rings (SSSR count). The molecule has 0 bridgehead atoms. The number of rotatable bonds is 5. The molecule has 0 aliphatic heterocycles. The molecule has 0 fully saturated rings. The van der Waals surface area contributed by atoms with Crippen LogP contribution in [0.25, 0.3) is 0 Å². The number of nitrogens with one attached hydrogen (secondary N) is 1. The topological polar surface area (TPSA) is 39.1 Å². The first kappa shape index (κ1) is 13.9. The van der Waals surface area contributed by atoms with Crippen LogP contribution in [0.5, 0.6) is 0 Å². The molecular weight excluding hydrogens is 285 g/mol. The zero-order valence-electron chi connectivity index (χ0n) is 9.93. The summed E-state index contributed by atoms with van der Waals surface area (Å²) in [5, 5.41) is 11.8. The number of benzene rings is 1. The van der Waals surface area contributed by atoms with Gasteiger partial charge >= 0.3 is 0 Å². The summed E-state index contributed by atoms with van der Waals surface area (Å²) in [7, 11) is 4.00. The van der Waals surface area contributed by atoms with Crippen LogP contribution in [0.15, 0.2) is 16.6 Å². The van der Waals surface area contributed by atoms with Crippen molar-refractivity contribution in [1.29, 1.82) is 5.26 Å². The molecule has 92 valence electrons. The molecule has 0 unspecified atom stereocenters. The van der Waals surface area contributed by atoms with Crippen LogP contribution >= 0.6 is 15.9 Å². The fourth-order valence-electron chi connectivity index (χ4n) is 1.39. The summed E-state index contributed by atoms with van der Waals surface area (Å²) in [5.41, 5.74) is 0.732. The van der Waals surface area contributed by atoms with E-state index in [0.717, 1.165) is 13.0 Å². The lowest BCUT2D eigenvalue weighted by atomic mass is 10.2. The fraction of sp³-hybridized carbons (Fsp3) is 0.417. The first-order chi connectivity index (χ1) is 8.06. The summed E-state index contributed by atoms with van der Waals surface area (Å²) in [6.45, 7) is 1.65. The van der Waals surface area contributed by atoms with Gasteiger partial charge in [-0.2, -0.15) is 5.26 Å². The van der Waals surface area contributed by atoms with E-state index < -0.39 is 5.82 Å². The van der Waals surface area contributed by atoms with E-state index in [-0.39, 0.29) is 4.47 Å². The van der Waals surface area contributed by atoms with Crippen molar-refractivity contribution < 1.29 is 4.39 Å². The summed E-state index contributed by atoms with van der Waals surface area (Å²) in [4.78, 5) is 2.08. The SMILES string of the molecule is CN(C)CCCNc1ccc(C#N)c(Br)c1F. The van der Waals surface area contributed by atoms with Crippen LogP contribution in [0.2, 0.25) is 0 Å². The van der Waals surface area contributed by atoms with E-state index in [4.69, 9.17) is 5.26 Å². The summed E-state index contributed by atoms with van der Waals surface area (Å²) >= 11 is 3.08. The predicted molar refractivity (Wildman–Crippen MR) is 70.5 cm³/mol. The largest absolute Gasteiger partial charge is 0.383 e. The highest BCUT2D eigenvalue weighted by Crippen LogP contribution is 2.26. The van der Waals surface area contributed by atoms with Gasteiger partial charge in [-0.25, -0.2) is 4.39 Å². The fourth-order valence-corrected chi connectivity index (χ4v) is 1.83. The molecule has 0 saturated heterocycles. The smallest absolute Gasteiger partial charge is 0.161 e. The lowest BCUT2D eigenvalue weighted by Gasteiger charge is -2.12. The van der Waals surface area contributed by atoms with Gasteiger partial charge in [0.2, 0.25) is 0 Å². The number of hydrogen-bond donors (Lipinski definition) is 1. The minimum Gasteiger partial charge on any atom is -0.383 e. The molecule has 0 spiro atoms. The Morgan fingerprint density at radius 3 is 2.76 bits per heavy atom. The van der Waals surface area contributed by atoms with Crippen LogP contribution in [-0.4, -0.2) is 32.1 Å². The van der Waals surface area contributed by atoms with Crippen molar-refractivity contribution in [2.75, 3.05) is 32.5 Å². The summed E-state index contributed by atoms with van der Waals surface area (Å²) in [5.74, 6) is -0.408. The molecule has 3 nitrogen and oxygen atoms in total. The van der Waals surface area contributed by atoms with Crippen molar-refractivity contribution in [3.05, 3.63) is 28.0 Å². The number of anilines is 1. The van der Waals surface area contributed by atoms with Crippen molar-refractivity contribution >= 4 is 21.6 Å². The van der Waals surface area contributed by atoms with Crippen molar-refractivity contribution in [2.24, 2.45) is 0 Å². The van der Waals surface area contributed by atoms with E-state index >= 15 is 0 Å². The molecule has 0 aliphatic rings. The Morgan fingerprint density at radius 1 is 1.47 bits per heavy atom. The number of halogens is 2. The van der Waals surface area contributed by atoms with Gasteiger partial charge in [0.25, 0.3) is 0 Å². The van der Waals surface area contributed by atoms with Crippen LogP contribution in [0.1, 0.15) is 12.0 Å². The van der Waals surface area contributed by atoms with Gasteiger partial charge in [-0.05, 0) is 55.1 Å². The van der Waals surface area contributed by atoms with Crippen LogP contribution in [0.3, 0.4) is 0 Å². The second kappa shape index (κ2) is 6.58. The quantitative estimate of drug-likeness (QED) is 0.850. The van der Waals surface area contributed by atoms with Gasteiger partial charge in [-0.3, -0.25) is 0 Å². The molecule has 5 heteroatoms. The van der Waals surface area contributed by atoms with E-state index in [0.29, 0.717) is 17.8 Å². The van der Waals surface area contributed by atoms with E-state index in [1.54, 1.807) is 12.1 Å². The van der Waals surface area contributed by atoms with Crippen LogP contribution < -0.4 is 5.32 Å². The molecule has 1 N–H and O–H groups in total. The molecule has 0 aromatic heterocycles. The van der Waals surface area contributed by atoms with E-state index in [2.05, 4.69) is 26.1 Å². The Labute approximate surface area is 109 Å². The third kappa shape index (κ3) is 3.99. The number of nitriles is 1. The maximum absolute atomic E-state index is 13.8.